The van der Waals surface area contributed by atoms with Gasteiger partial charge < -0.3 is 10.6 Å². The maximum Gasteiger partial charge on any atom is 0.401 e. The Balaban J connectivity index is 2.05. The van der Waals surface area contributed by atoms with Gasteiger partial charge in [0.2, 0.25) is 0 Å². The van der Waals surface area contributed by atoms with E-state index in [0.717, 1.165) is 24.5 Å². The summed E-state index contributed by atoms with van der Waals surface area (Å²) in [6.45, 7) is 5.66. The summed E-state index contributed by atoms with van der Waals surface area (Å²) < 4.78 is 39.1. The topological polar surface area (TPSA) is 50.3 Å². The Bertz CT molecular complexity index is 475. The van der Waals surface area contributed by atoms with Crippen LogP contribution < -0.4 is 10.6 Å². The van der Waals surface area contributed by atoms with Crippen LogP contribution in [0.2, 0.25) is 0 Å². The van der Waals surface area contributed by atoms with E-state index in [1.165, 1.54) is 4.90 Å². The summed E-state index contributed by atoms with van der Waals surface area (Å²) >= 11 is 0. The lowest BCUT2D eigenvalue weighted by atomic mass is 10.3. The Labute approximate surface area is 122 Å². The SMILES string of the molecule is CCCn1nc(C)c(N)c1N1CCN(CC(F)(F)F)CC1. The lowest BCUT2D eigenvalue weighted by Gasteiger charge is -2.36. The van der Waals surface area contributed by atoms with Crippen LogP contribution >= 0.6 is 0 Å². The number of piperazine rings is 1. The number of halogens is 3. The first kappa shape index (κ1) is 15.9. The first-order valence-electron chi connectivity index (χ1n) is 7.18. The molecular formula is C13H22F3N5. The molecule has 2 N–H and O–H groups in total. The van der Waals surface area contributed by atoms with Crippen LogP contribution in [0.15, 0.2) is 0 Å². The maximum atomic E-state index is 12.4. The average Bonchev–Trinajstić information content (AvgIpc) is 2.65. The molecule has 1 saturated heterocycles. The van der Waals surface area contributed by atoms with Crippen LogP contribution in [0.25, 0.3) is 0 Å². The number of rotatable bonds is 4. The molecule has 2 heterocycles. The van der Waals surface area contributed by atoms with Gasteiger partial charge in [0.1, 0.15) is 0 Å². The second-order valence-corrected chi connectivity index (χ2v) is 5.42. The molecule has 0 amide bonds. The quantitative estimate of drug-likeness (QED) is 0.922. The molecule has 1 aliphatic heterocycles. The molecular weight excluding hydrogens is 283 g/mol. The van der Waals surface area contributed by atoms with Gasteiger partial charge in [0.15, 0.2) is 5.82 Å². The van der Waals surface area contributed by atoms with Crippen molar-refractivity contribution in [2.24, 2.45) is 0 Å². The monoisotopic (exact) mass is 305 g/mol. The van der Waals surface area contributed by atoms with Gasteiger partial charge in [-0.15, -0.1) is 0 Å². The summed E-state index contributed by atoms with van der Waals surface area (Å²) in [5.41, 5.74) is 7.49. The molecule has 0 atom stereocenters. The van der Waals surface area contributed by atoms with Gasteiger partial charge in [-0.3, -0.25) is 4.90 Å². The molecule has 21 heavy (non-hydrogen) atoms. The molecule has 0 saturated carbocycles. The Morgan fingerprint density at radius 3 is 2.33 bits per heavy atom. The van der Waals surface area contributed by atoms with Crippen molar-refractivity contribution in [1.29, 1.82) is 0 Å². The molecule has 1 aromatic rings. The minimum Gasteiger partial charge on any atom is -0.394 e. The van der Waals surface area contributed by atoms with Gasteiger partial charge >= 0.3 is 6.18 Å². The van der Waals surface area contributed by atoms with Gasteiger partial charge in [-0.25, -0.2) is 4.68 Å². The van der Waals surface area contributed by atoms with Crippen LogP contribution in [0.5, 0.6) is 0 Å². The fourth-order valence-electron chi connectivity index (χ4n) is 2.66. The fraction of sp³-hybridized carbons (Fsp3) is 0.769. The van der Waals surface area contributed by atoms with Gasteiger partial charge in [0.05, 0.1) is 17.9 Å². The second kappa shape index (κ2) is 6.13. The molecule has 0 radical (unpaired) electrons. The third-order valence-corrected chi connectivity index (χ3v) is 3.66. The van der Waals surface area contributed by atoms with Crippen molar-refractivity contribution in [2.45, 2.75) is 33.0 Å². The first-order chi connectivity index (χ1) is 9.81. The van der Waals surface area contributed by atoms with Gasteiger partial charge in [0, 0.05) is 32.7 Å². The molecule has 5 nitrogen and oxygen atoms in total. The molecule has 0 aliphatic carbocycles. The number of aryl methyl sites for hydroxylation is 2. The van der Waals surface area contributed by atoms with Crippen molar-refractivity contribution in [2.75, 3.05) is 43.4 Å². The third-order valence-electron chi connectivity index (χ3n) is 3.66. The van der Waals surface area contributed by atoms with Gasteiger partial charge in [-0.1, -0.05) is 6.92 Å². The maximum absolute atomic E-state index is 12.4. The zero-order chi connectivity index (χ0) is 15.6. The van der Waals surface area contributed by atoms with Crippen molar-refractivity contribution in [3.63, 3.8) is 0 Å². The number of nitrogen functional groups attached to an aromatic ring is 1. The third kappa shape index (κ3) is 3.81. The van der Waals surface area contributed by atoms with E-state index >= 15 is 0 Å². The Kier molecular flexibility index (Phi) is 4.65. The fourth-order valence-corrected chi connectivity index (χ4v) is 2.66. The van der Waals surface area contributed by atoms with E-state index in [9.17, 15) is 13.2 Å². The number of hydrogen-bond acceptors (Lipinski definition) is 4. The standard InChI is InChI=1S/C13H22F3N5/c1-3-4-21-12(11(17)10(2)18-21)20-7-5-19(6-8-20)9-13(14,15)16/h3-9,17H2,1-2H3. The number of nitrogens with two attached hydrogens (primary N) is 1. The molecule has 1 aromatic heterocycles. The Morgan fingerprint density at radius 1 is 1.19 bits per heavy atom. The zero-order valence-corrected chi connectivity index (χ0v) is 12.4. The number of alkyl halides is 3. The van der Waals surface area contributed by atoms with Crippen LogP contribution in [0.4, 0.5) is 24.7 Å². The summed E-state index contributed by atoms with van der Waals surface area (Å²) in [5, 5.41) is 4.41. The van der Waals surface area contributed by atoms with Gasteiger partial charge in [-0.05, 0) is 13.3 Å². The molecule has 1 fully saturated rings. The van der Waals surface area contributed by atoms with Crippen molar-refractivity contribution in [1.82, 2.24) is 14.7 Å². The van der Waals surface area contributed by atoms with Crippen LogP contribution in [0.3, 0.4) is 0 Å². The van der Waals surface area contributed by atoms with Gasteiger partial charge in [-0.2, -0.15) is 18.3 Å². The van der Waals surface area contributed by atoms with E-state index in [-0.39, 0.29) is 0 Å². The lowest BCUT2D eigenvalue weighted by molar-refractivity contribution is -0.146. The Morgan fingerprint density at radius 2 is 1.81 bits per heavy atom. The van der Waals surface area contributed by atoms with Gasteiger partial charge in [0.25, 0.3) is 0 Å². The minimum atomic E-state index is -4.14. The number of aromatic nitrogens is 2. The largest absolute Gasteiger partial charge is 0.401 e. The first-order valence-corrected chi connectivity index (χ1v) is 7.18. The second-order valence-electron chi connectivity index (χ2n) is 5.42. The van der Waals surface area contributed by atoms with Crippen LogP contribution in [-0.4, -0.2) is 53.6 Å². The lowest BCUT2D eigenvalue weighted by Crippen LogP contribution is -2.49. The highest BCUT2D eigenvalue weighted by Gasteiger charge is 2.33. The molecule has 2 rings (SSSR count). The highest BCUT2D eigenvalue weighted by Crippen LogP contribution is 2.28. The normalized spacial score (nSPS) is 17.5. The average molecular weight is 305 g/mol. The van der Waals surface area contributed by atoms with E-state index in [4.69, 9.17) is 5.73 Å². The predicted octanol–water partition coefficient (Wildman–Crippen LogP) is 1.87. The van der Waals surface area contributed by atoms with Crippen molar-refractivity contribution >= 4 is 11.5 Å². The molecule has 0 unspecified atom stereocenters. The summed E-state index contributed by atoms with van der Waals surface area (Å²) in [7, 11) is 0. The van der Waals surface area contributed by atoms with E-state index in [1.54, 1.807) is 0 Å². The van der Waals surface area contributed by atoms with Crippen LogP contribution in [0, 0.1) is 6.92 Å². The molecule has 0 aromatic carbocycles. The smallest absolute Gasteiger partial charge is 0.394 e. The highest BCUT2D eigenvalue weighted by molar-refractivity contribution is 5.66. The van der Waals surface area contributed by atoms with Crippen molar-refractivity contribution in [3.8, 4) is 0 Å². The molecule has 120 valence electrons. The van der Waals surface area contributed by atoms with E-state index in [2.05, 4.69) is 12.0 Å². The zero-order valence-electron chi connectivity index (χ0n) is 12.4. The highest BCUT2D eigenvalue weighted by atomic mass is 19.4. The summed E-state index contributed by atoms with van der Waals surface area (Å²) in [4.78, 5) is 3.47. The summed E-state index contributed by atoms with van der Waals surface area (Å²) in [6.07, 6.45) is -3.20. The molecule has 8 heteroatoms. The predicted molar refractivity (Wildman–Crippen MR) is 76.4 cm³/mol. The number of nitrogens with zero attached hydrogens (tertiary/aromatic N) is 4. The van der Waals surface area contributed by atoms with Crippen LogP contribution in [0.1, 0.15) is 19.0 Å². The molecule has 0 spiro atoms. The number of anilines is 2. The van der Waals surface area contributed by atoms with Crippen LogP contribution in [-0.2, 0) is 6.54 Å². The van der Waals surface area contributed by atoms with Crippen molar-refractivity contribution < 1.29 is 13.2 Å². The number of hydrogen-bond donors (Lipinski definition) is 1. The van der Waals surface area contributed by atoms with E-state index in [1.807, 2.05) is 16.5 Å². The Hall–Kier alpha value is -1.44. The molecule has 1 aliphatic rings. The minimum absolute atomic E-state index is 0.384. The summed E-state index contributed by atoms with van der Waals surface area (Å²) in [5.74, 6) is 0.848. The van der Waals surface area contributed by atoms with Crippen molar-refractivity contribution in [3.05, 3.63) is 5.69 Å². The molecule has 0 bridgehead atoms. The van der Waals surface area contributed by atoms with E-state index in [0.29, 0.717) is 31.9 Å². The van der Waals surface area contributed by atoms with E-state index < -0.39 is 12.7 Å². The summed E-state index contributed by atoms with van der Waals surface area (Å²) in [6, 6.07) is 0.